The van der Waals surface area contributed by atoms with Crippen molar-refractivity contribution in [2.75, 3.05) is 11.9 Å². The molecule has 1 N–H and O–H groups in total. The van der Waals surface area contributed by atoms with Crippen molar-refractivity contribution in [2.24, 2.45) is 7.05 Å². The normalized spacial score (nSPS) is 8.80. The molecule has 52 valence electrons. The monoisotopic (exact) mass is 135 g/mol. The number of hydrogen-bond donors (Lipinski definition) is 1. The molecule has 1 heterocycles. The average Bonchev–Trinajstić information content (AvgIpc) is 2.31. The summed E-state index contributed by atoms with van der Waals surface area (Å²) in [7, 11) is 1.86. The molecule has 0 aromatic carbocycles. The first-order valence-corrected chi connectivity index (χ1v) is 3.00. The SMILES string of the molecule is C#CCNc1ccnn1C. The maximum Gasteiger partial charge on any atom is 0.124 e. The van der Waals surface area contributed by atoms with E-state index in [0.717, 1.165) is 5.82 Å². The molecule has 1 rings (SSSR count). The second-order valence-corrected chi connectivity index (χ2v) is 1.90. The van der Waals surface area contributed by atoms with E-state index in [2.05, 4.69) is 16.3 Å². The first-order valence-electron chi connectivity index (χ1n) is 3.00. The molecule has 0 fully saturated rings. The third-order valence-electron chi connectivity index (χ3n) is 1.19. The summed E-state index contributed by atoms with van der Waals surface area (Å²) < 4.78 is 1.73. The Hall–Kier alpha value is -1.43. The molecule has 1 aromatic rings. The van der Waals surface area contributed by atoms with Crippen LogP contribution in [-0.4, -0.2) is 16.3 Å². The van der Waals surface area contributed by atoms with Crippen molar-refractivity contribution >= 4 is 5.82 Å². The van der Waals surface area contributed by atoms with Gasteiger partial charge in [0.15, 0.2) is 0 Å². The minimum atomic E-state index is 0.541. The summed E-state index contributed by atoms with van der Waals surface area (Å²) >= 11 is 0. The molecule has 0 aliphatic heterocycles. The summed E-state index contributed by atoms with van der Waals surface area (Å²) in [6.45, 7) is 0.541. The van der Waals surface area contributed by atoms with Crippen molar-refractivity contribution in [2.45, 2.75) is 0 Å². The van der Waals surface area contributed by atoms with E-state index in [9.17, 15) is 0 Å². The van der Waals surface area contributed by atoms with Crippen molar-refractivity contribution < 1.29 is 0 Å². The summed E-state index contributed by atoms with van der Waals surface area (Å²) in [5.41, 5.74) is 0. The van der Waals surface area contributed by atoms with Gasteiger partial charge in [0.1, 0.15) is 5.82 Å². The third-order valence-corrected chi connectivity index (χ3v) is 1.19. The second kappa shape index (κ2) is 2.92. The molecule has 0 radical (unpaired) electrons. The number of terminal acetylenes is 1. The van der Waals surface area contributed by atoms with Gasteiger partial charge in [0.2, 0.25) is 0 Å². The van der Waals surface area contributed by atoms with Crippen LogP contribution in [0.3, 0.4) is 0 Å². The number of hydrogen-bond acceptors (Lipinski definition) is 2. The van der Waals surface area contributed by atoms with E-state index in [1.807, 2.05) is 13.1 Å². The van der Waals surface area contributed by atoms with Gasteiger partial charge < -0.3 is 5.32 Å². The van der Waals surface area contributed by atoms with Crippen LogP contribution in [0.4, 0.5) is 5.82 Å². The Morgan fingerprint density at radius 2 is 2.70 bits per heavy atom. The first-order chi connectivity index (χ1) is 4.84. The maximum absolute atomic E-state index is 5.05. The van der Waals surface area contributed by atoms with Crippen molar-refractivity contribution in [1.29, 1.82) is 0 Å². The Kier molecular flexibility index (Phi) is 1.96. The number of aryl methyl sites for hydroxylation is 1. The number of nitrogens with one attached hydrogen (secondary N) is 1. The summed E-state index contributed by atoms with van der Waals surface area (Å²) in [4.78, 5) is 0. The van der Waals surface area contributed by atoms with Crippen molar-refractivity contribution in [3.63, 3.8) is 0 Å². The van der Waals surface area contributed by atoms with Gasteiger partial charge in [-0.15, -0.1) is 6.42 Å². The van der Waals surface area contributed by atoms with Crippen LogP contribution in [0.1, 0.15) is 0 Å². The smallest absolute Gasteiger partial charge is 0.124 e. The zero-order valence-electron chi connectivity index (χ0n) is 5.83. The van der Waals surface area contributed by atoms with Crippen molar-refractivity contribution in [3.8, 4) is 12.3 Å². The fourth-order valence-electron chi connectivity index (χ4n) is 0.689. The molecule has 0 spiro atoms. The molecule has 0 saturated carbocycles. The zero-order chi connectivity index (χ0) is 7.40. The minimum absolute atomic E-state index is 0.541. The number of rotatable bonds is 2. The summed E-state index contributed by atoms with van der Waals surface area (Å²) in [5, 5.41) is 6.96. The molecule has 0 amide bonds. The predicted octanol–water partition coefficient (Wildman–Crippen LogP) is 0.465. The highest BCUT2D eigenvalue weighted by Gasteiger charge is 1.92. The van der Waals surface area contributed by atoms with Gasteiger partial charge in [0.25, 0.3) is 0 Å². The highest BCUT2D eigenvalue weighted by molar-refractivity contribution is 5.34. The molecule has 0 bridgehead atoms. The molecule has 10 heavy (non-hydrogen) atoms. The lowest BCUT2D eigenvalue weighted by molar-refractivity contribution is 0.773. The highest BCUT2D eigenvalue weighted by Crippen LogP contribution is 2.00. The minimum Gasteiger partial charge on any atom is -0.359 e. The van der Waals surface area contributed by atoms with E-state index in [1.54, 1.807) is 10.9 Å². The predicted molar refractivity (Wildman–Crippen MR) is 40.5 cm³/mol. The maximum atomic E-state index is 5.05. The molecule has 0 aliphatic carbocycles. The number of anilines is 1. The Morgan fingerprint density at radius 1 is 1.90 bits per heavy atom. The van der Waals surface area contributed by atoms with Gasteiger partial charge in [-0.3, -0.25) is 4.68 Å². The van der Waals surface area contributed by atoms with Gasteiger partial charge in [0, 0.05) is 13.1 Å². The topological polar surface area (TPSA) is 29.9 Å². The van der Waals surface area contributed by atoms with Crippen LogP contribution in [0.2, 0.25) is 0 Å². The first kappa shape index (κ1) is 6.69. The van der Waals surface area contributed by atoms with Gasteiger partial charge in [0.05, 0.1) is 12.7 Å². The highest BCUT2D eigenvalue weighted by atomic mass is 15.3. The molecule has 3 heteroatoms. The van der Waals surface area contributed by atoms with Crippen LogP contribution in [0.25, 0.3) is 0 Å². The van der Waals surface area contributed by atoms with Crippen molar-refractivity contribution in [3.05, 3.63) is 12.3 Å². The standard InChI is InChI=1S/C7H9N3/c1-3-5-8-7-4-6-9-10(7)2/h1,4,6,8H,5H2,2H3. The molecule has 1 aromatic heterocycles. The van der Waals surface area contributed by atoms with Gasteiger partial charge in [-0.05, 0) is 0 Å². The largest absolute Gasteiger partial charge is 0.359 e. The summed E-state index contributed by atoms with van der Waals surface area (Å²) in [6, 6.07) is 1.87. The molecule has 3 nitrogen and oxygen atoms in total. The fourth-order valence-corrected chi connectivity index (χ4v) is 0.689. The van der Waals surface area contributed by atoms with Gasteiger partial charge in [-0.1, -0.05) is 5.92 Å². The van der Waals surface area contributed by atoms with Crippen LogP contribution in [0, 0.1) is 12.3 Å². The molecule has 0 saturated heterocycles. The third kappa shape index (κ3) is 1.29. The zero-order valence-corrected chi connectivity index (χ0v) is 5.83. The Morgan fingerprint density at radius 3 is 3.20 bits per heavy atom. The van der Waals surface area contributed by atoms with Crippen LogP contribution < -0.4 is 5.32 Å². The molecular formula is C7H9N3. The van der Waals surface area contributed by atoms with Crippen LogP contribution >= 0.6 is 0 Å². The fraction of sp³-hybridized carbons (Fsp3) is 0.286. The van der Waals surface area contributed by atoms with Crippen LogP contribution in [0.15, 0.2) is 12.3 Å². The molecule has 0 atom stereocenters. The summed E-state index contributed by atoms with van der Waals surface area (Å²) in [5.74, 6) is 3.42. The molecule has 0 unspecified atom stereocenters. The van der Waals surface area contributed by atoms with Gasteiger partial charge in [-0.2, -0.15) is 5.10 Å². The molecular weight excluding hydrogens is 126 g/mol. The second-order valence-electron chi connectivity index (χ2n) is 1.90. The number of aromatic nitrogens is 2. The van der Waals surface area contributed by atoms with Crippen LogP contribution in [0.5, 0.6) is 0 Å². The lowest BCUT2D eigenvalue weighted by Crippen LogP contribution is -2.03. The Bertz CT molecular complexity index is 244. The van der Waals surface area contributed by atoms with E-state index in [4.69, 9.17) is 6.42 Å². The average molecular weight is 135 g/mol. The van der Waals surface area contributed by atoms with E-state index >= 15 is 0 Å². The van der Waals surface area contributed by atoms with Gasteiger partial charge >= 0.3 is 0 Å². The number of nitrogens with zero attached hydrogens (tertiary/aromatic N) is 2. The quantitative estimate of drug-likeness (QED) is 0.597. The van der Waals surface area contributed by atoms with Crippen molar-refractivity contribution in [1.82, 2.24) is 9.78 Å². The van der Waals surface area contributed by atoms with E-state index < -0.39 is 0 Å². The van der Waals surface area contributed by atoms with E-state index in [-0.39, 0.29) is 0 Å². The lowest BCUT2D eigenvalue weighted by atomic mass is 10.6. The Labute approximate surface area is 60.0 Å². The lowest BCUT2D eigenvalue weighted by Gasteiger charge is -2.00. The van der Waals surface area contributed by atoms with E-state index in [0.29, 0.717) is 6.54 Å². The van der Waals surface area contributed by atoms with E-state index in [1.165, 1.54) is 0 Å². The van der Waals surface area contributed by atoms with Crippen LogP contribution in [-0.2, 0) is 7.05 Å². The summed E-state index contributed by atoms with van der Waals surface area (Å²) in [6.07, 6.45) is 6.77. The molecule has 0 aliphatic rings. The van der Waals surface area contributed by atoms with Gasteiger partial charge in [-0.25, -0.2) is 0 Å². The Balaban J connectivity index is 2.59.